The van der Waals surface area contributed by atoms with E-state index in [9.17, 15) is 4.79 Å². The number of aromatic nitrogens is 1. The molecule has 1 saturated heterocycles. The minimum absolute atomic E-state index is 0.105. The zero-order valence-corrected chi connectivity index (χ0v) is 15.8. The topological polar surface area (TPSA) is 64.8 Å². The van der Waals surface area contributed by atoms with Crippen LogP contribution in [-0.4, -0.2) is 35.7 Å². The molecule has 1 aliphatic rings. The lowest BCUT2D eigenvalue weighted by molar-refractivity contribution is -0.159. The molecule has 2 aromatic rings. The van der Waals surface area contributed by atoms with Gasteiger partial charge >= 0.3 is 0 Å². The summed E-state index contributed by atoms with van der Waals surface area (Å²) >= 11 is 5.96. The predicted molar refractivity (Wildman–Crippen MR) is 101 cm³/mol. The lowest BCUT2D eigenvalue weighted by atomic mass is 10.2. The van der Waals surface area contributed by atoms with Crippen molar-refractivity contribution in [2.24, 2.45) is 5.10 Å². The highest BCUT2D eigenvalue weighted by atomic mass is 35.5. The molecule has 0 saturated carbocycles. The van der Waals surface area contributed by atoms with Gasteiger partial charge in [0.05, 0.1) is 25.8 Å². The molecule has 7 heteroatoms. The third-order valence-corrected chi connectivity index (χ3v) is 4.58. The van der Waals surface area contributed by atoms with Gasteiger partial charge in [-0.25, -0.2) is 5.43 Å². The second kappa shape index (κ2) is 7.61. The number of rotatable bonds is 5. The van der Waals surface area contributed by atoms with Crippen molar-refractivity contribution in [2.75, 3.05) is 13.2 Å². The Bertz CT molecular complexity index is 821. The fourth-order valence-corrected chi connectivity index (χ4v) is 3.20. The van der Waals surface area contributed by atoms with Crippen molar-refractivity contribution in [3.05, 3.63) is 52.3 Å². The van der Waals surface area contributed by atoms with Gasteiger partial charge in [-0.05, 0) is 51.1 Å². The molecule has 6 nitrogen and oxygen atoms in total. The number of hydrogen-bond acceptors (Lipinski definition) is 4. The van der Waals surface area contributed by atoms with Gasteiger partial charge in [0, 0.05) is 27.7 Å². The van der Waals surface area contributed by atoms with Crippen molar-refractivity contribution in [3.8, 4) is 5.69 Å². The second-order valence-corrected chi connectivity index (χ2v) is 6.88. The van der Waals surface area contributed by atoms with Crippen LogP contribution in [0.4, 0.5) is 0 Å². The Kier molecular flexibility index (Phi) is 5.46. The van der Waals surface area contributed by atoms with Crippen molar-refractivity contribution in [1.29, 1.82) is 0 Å². The van der Waals surface area contributed by atoms with Gasteiger partial charge in [0.1, 0.15) is 0 Å². The van der Waals surface area contributed by atoms with E-state index in [-0.39, 0.29) is 12.3 Å². The Labute approximate surface area is 157 Å². The molecular formula is C19H22ClN3O3. The van der Waals surface area contributed by atoms with Crippen LogP contribution < -0.4 is 5.43 Å². The zero-order valence-electron chi connectivity index (χ0n) is 15.1. The van der Waals surface area contributed by atoms with Crippen molar-refractivity contribution < 1.29 is 14.3 Å². The van der Waals surface area contributed by atoms with Crippen LogP contribution in [0.1, 0.15) is 30.3 Å². The van der Waals surface area contributed by atoms with Gasteiger partial charge in [-0.3, -0.25) is 4.79 Å². The summed E-state index contributed by atoms with van der Waals surface area (Å²) in [6, 6.07) is 9.67. The number of ether oxygens (including phenoxy) is 2. The standard InChI is InChI=1S/C19H22ClN3O3/c1-13-10-15(14(2)23(13)17-6-4-16(20)5-7-17)12-21-22-18(24)11-19(3)25-8-9-26-19/h4-7,10,12H,8-9,11H2,1-3H3,(H,22,24)/b21-12-. The van der Waals surface area contributed by atoms with Crippen molar-refractivity contribution >= 4 is 23.7 Å². The zero-order chi connectivity index (χ0) is 18.7. The summed E-state index contributed by atoms with van der Waals surface area (Å²) in [7, 11) is 0. The SMILES string of the molecule is Cc1cc(/C=N\NC(=O)CC2(C)OCCO2)c(C)n1-c1ccc(Cl)cc1. The molecule has 1 aromatic carbocycles. The number of benzene rings is 1. The van der Waals surface area contributed by atoms with Crippen molar-refractivity contribution in [2.45, 2.75) is 33.0 Å². The third kappa shape index (κ3) is 4.15. The first-order valence-corrected chi connectivity index (χ1v) is 8.80. The third-order valence-electron chi connectivity index (χ3n) is 4.33. The average molecular weight is 376 g/mol. The molecule has 26 heavy (non-hydrogen) atoms. The molecule has 0 unspecified atom stereocenters. The van der Waals surface area contributed by atoms with Crippen molar-refractivity contribution in [1.82, 2.24) is 9.99 Å². The highest BCUT2D eigenvalue weighted by Gasteiger charge is 2.33. The lowest BCUT2D eigenvalue weighted by Crippen LogP contribution is -2.33. The van der Waals surface area contributed by atoms with E-state index in [4.69, 9.17) is 21.1 Å². The Morgan fingerprint density at radius 1 is 1.31 bits per heavy atom. The van der Waals surface area contributed by atoms with E-state index in [0.717, 1.165) is 22.6 Å². The number of hydrogen-bond donors (Lipinski definition) is 1. The molecule has 0 bridgehead atoms. The first kappa shape index (κ1) is 18.6. The maximum absolute atomic E-state index is 12.0. The highest BCUT2D eigenvalue weighted by molar-refractivity contribution is 6.30. The Morgan fingerprint density at radius 3 is 2.62 bits per heavy atom. The number of carbonyl (C=O) groups excluding carboxylic acids is 1. The molecule has 0 spiro atoms. The fourth-order valence-electron chi connectivity index (χ4n) is 3.07. The minimum Gasteiger partial charge on any atom is -0.347 e. The molecule has 0 aliphatic carbocycles. The van der Waals surface area contributed by atoms with Crippen LogP contribution in [0.3, 0.4) is 0 Å². The quantitative estimate of drug-likeness (QED) is 0.643. The molecule has 2 heterocycles. The maximum atomic E-state index is 12.0. The van der Waals surface area contributed by atoms with E-state index in [1.54, 1.807) is 13.1 Å². The van der Waals surface area contributed by atoms with Gasteiger partial charge in [0.15, 0.2) is 5.79 Å². The number of amides is 1. The highest BCUT2D eigenvalue weighted by Crippen LogP contribution is 2.23. The Morgan fingerprint density at radius 2 is 1.96 bits per heavy atom. The molecule has 3 rings (SSSR count). The van der Waals surface area contributed by atoms with Crippen LogP contribution in [-0.2, 0) is 14.3 Å². The number of nitrogens with one attached hydrogen (secondary N) is 1. The lowest BCUT2D eigenvalue weighted by Gasteiger charge is -2.20. The smallest absolute Gasteiger partial charge is 0.245 e. The van der Waals surface area contributed by atoms with Crippen LogP contribution >= 0.6 is 11.6 Å². The van der Waals surface area contributed by atoms with Gasteiger partial charge in [0.25, 0.3) is 0 Å². The summed E-state index contributed by atoms with van der Waals surface area (Å²) in [6.45, 7) is 6.79. The molecule has 1 fully saturated rings. The van der Waals surface area contributed by atoms with Crippen molar-refractivity contribution in [3.63, 3.8) is 0 Å². The van der Waals surface area contributed by atoms with Gasteiger partial charge in [0.2, 0.25) is 5.91 Å². The number of aryl methyl sites for hydroxylation is 1. The summed E-state index contributed by atoms with van der Waals surface area (Å²) in [5.41, 5.74) is 6.58. The number of hydrazone groups is 1. The molecule has 1 aliphatic heterocycles. The first-order valence-electron chi connectivity index (χ1n) is 8.43. The summed E-state index contributed by atoms with van der Waals surface area (Å²) in [4.78, 5) is 12.0. The molecule has 1 aromatic heterocycles. The molecule has 0 radical (unpaired) electrons. The van der Waals surface area contributed by atoms with Crippen LogP contribution in [0.2, 0.25) is 5.02 Å². The molecule has 0 atom stereocenters. The van der Waals surface area contributed by atoms with Gasteiger partial charge < -0.3 is 14.0 Å². The van der Waals surface area contributed by atoms with E-state index in [2.05, 4.69) is 15.1 Å². The van der Waals surface area contributed by atoms with E-state index < -0.39 is 5.79 Å². The number of carbonyl (C=O) groups is 1. The van der Waals surface area contributed by atoms with Gasteiger partial charge in [-0.1, -0.05) is 11.6 Å². The van der Waals surface area contributed by atoms with Crippen LogP contribution in [0.15, 0.2) is 35.4 Å². The molecule has 138 valence electrons. The molecular weight excluding hydrogens is 354 g/mol. The van der Waals surface area contributed by atoms with E-state index in [0.29, 0.717) is 18.2 Å². The molecule has 1 amide bonds. The summed E-state index contributed by atoms with van der Waals surface area (Å²) < 4.78 is 13.0. The maximum Gasteiger partial charge on any atom is 0.245 e. The number of halogens is 1. The molecule has 1 N–H and O–H groups in total. The second-order valence-electron chi connectivity index (χ2n) is 6.44. The van der Waals surface area contributed by atoms with E-state index in [1.165, 1.54) is 0 Å². The summed E-state index contributed by atoms with van der Waals surface area (Å²) in [5, 5.41) is 4.77. The van der Waals surface area contributed by atoms with Gasteiger partial charge in [-0.15, -0.1) is 0 Å². The van der Waals surface area contributed by atoms with Crippen LogP contribution in [0.5, 0.6) is 0 Å². The fraction of sp³-hybridized carbons (Fsp3) is 0.368. The Balaban J connectivity index is 1.68. The normalized spacial score (nSPS) is 16.3. The monoisotopic (exact) mass is 375 g/mol. The van der Waals surface area contributed by atoms with Crippen LogP contribution in [0, 0.1) is 13.8 Å². The van der Waals surface area contributed by atoms with Crippen LogP contribution in [0.25, 0.3) is 5.69 Å². The largest absolute Gasteiger partial charge is 0.347 e. The first-order chi connectivity index (χ1) is 12.4. The summed E-state index contributed by atoms with van der Waals surface area (Å²) in [5.74, 6) is -1.11. The van der Waals surface area contributed by atoms with Gasteiger partial charge in [-0.2, -0.15) is 5.10 Å². The Hall–Kier alpha value is -2.15. The van der Waals surface area contributed by atoms with E-state index in [1.807, 2.05) is 44.2 Å². The predicted octanol–water partition coefficient (Wildman–Crippen LogP) is 3.35. The summed E-state index contributed by atoms with van der Waals surface area (Å²) in [6.07, 6.45) is 1.75. The van der Waals surface area contributed by atoms with E-state index >= 15 is 0 Å². The number of nitrogens with zero attached hydrogens (tertiary/aromatic N) is 2. The average Bonchev–Trinajstić information content (AvgIpc) is 3.12. The minimum atomic E-state index is -0.857.